The van der Waals surface area contributed by atoms with E-state index in [1.807, 2.05) is 4.90 Å². The Kier molecular flexibility index (Phi) is 5.91. The number of halogens is 3. The van der Waals surface area contributed by atoms with Crippen LogP contribution in [0.15, 0.2) is 24.3 Å². The molecule has 1 aromatic heterocycles. The fourth-order valence-electron chi connectivity index (χ4n) is 2.47. The van der Waals surface area contributed by atoms with E-state index in [0.717, 1.165) is 12.1 Å². The van der Waals surface area contributed by atoms with Gasteiger partial charge in [0.05, 0.1) is 25.4 Å². The maximum absolute atomic E-state index is 12.9. The molecule has 0 unspecified atom stereocenters. The maximum Gasteiger partial charge on any atom is 0.416 e. The zero-order valence-electron chi connectivity index (χ0n) is 14.3. The Morgan fingerprint density at radius 3 is 2.56 bits per heavy atom. The summed E-state index contributed by atoms with van der Waals surface area (Å²) < 4.78 is 44.0. The first-order chi connectivity index (χ1) is 13.0. The van der Waals surface area contributed by atoms with Gasteiger partial charge in [-0.3, -0.25) is 0 Å². The van der Waals surface area contributed by atoms with E-state index in [0.29, 0.717) is 32.3 Å². The minimum absolute atomic E-state index is 0.103. The van der Waals surface area contributed by atoms with Crippen LogP contribution in [0.5, 0.6) is 0 Å². The van der Waals surface area contributed by atoms with Gasteiger partial charge >= 0.3 is 6.18 Å². The molecule has 2 aromatic rings. The molecule has 0 aliphatic carbocycles. The summed E-state index contributed by atoms with van der Waals surface area (Å²) >= 11 is 0. The van der Waals surface area contributed by atoms with Gasteiger partial charge in [0, 0.05) is 25.3 Å². The molecule has 0 radical (unpaired) electrons. The summed E-state index contributed by atoms with van der Waals surface area (Å²) in [7, 11) is 0. The second kappa shape index (κ2) is 8.35. The number of nitrogens with one attached hydrogen (secondary N) is 2. The SMILES string of the molecule is OCCNc1nc(Nc2cccc(C(F)(F)F)c2)nc(N2CCOCC2)n1. The molecule has 1 aliphatic rings. The van der Waals surface area contributed by atoms with Gasteiger partial charge in [0.15, 0.2) is 0 Å². The summed E-state index contributed by atoms with van der Waals surface area (Å²) in [5.41, 5.74) is -0.564. The Morgan fingerprint density at radius 1 is 1.11 bits per heavy atom. The third kappa shape index (κ3) is 5.17. The molecule has 0 spiro atoms. The van der Waals surface area contributed by atoms with Crippen molar-refractivity contribution in [1.82, 2.24) is 15.0 Å². The smallest absolute Gasteiger partial charge is 0.395 e. The van der Waals surface area contributed by atoms with Crippen LogP contribution in [0.2, 0.25) is 0 Å². The summed E-state index contributed by atoms with van der Waals surface area (Å²) in [6, 6.07) is 4.78. The predicted molar refractivity (Wildman–Crippen MR) is 93.2 cm³/mol. The number of benzene rings is 1. The number of rotatable bonds is 6. The Labute approximate surface area is 153 Å². The van der Waals surface area contributed by atoms with Crippen LogP contribution in [-0.4, -0.2) is 59.5 Å². The van der Waals surface area contributed by atoms with E-state index in [9.17, 15) is 13.2 Å². The predicted octanol–water partition coefficient (Wildman–Crippen LogP) is 1.87. The lowest BCUT2D eigenvalue weighted by Gasteiger charge is -2.27. The number of morpholine rings is 1. The van der Waals surface area contributed by atoms with Gasteiger partial charge in [-0.1, -0.05) is 6.07 Å². The minimum Gasteiger partial charge on any atom is -0.395 e. The fraction of sp³-hybridized carbons (Fsp3) is 0.438. The number of anilines is 4. The number of aliphatic hydroxyl groups excluding tert-OH is 1. The topological polar surface area (TPSA) is 95.4 Å². The Hall–Kier alpha value is -2.66. The van der Waals surface area contributed by atoms with Crippen LogP contribution in [0.1, 0.15) is 5.56 Å². The average molecular weight is 384 g/mol. The third-order valence-corrected chi connectivity index (χ3v) is 3.76. The Bertz CT molecular complexity index is 768. The molecule has 0 bridgehead atoms. The number of hydrogen-bond acceptors (Lipinski definition) is 8. The Balaban J connectivity index is 1.87. The highest BCUT2D eigenvalue weighted by Gasteiger charge is 2.30. The van der Waals surface area contributed by atoms with Crippen LogP contribution in [-0.2, 0) is 10.9 Å². The molecule has 3 N–H and O–H groups in total. The molecule has 146 valence electrons. The van der Waals surface area contributed by atoms with Crippen LogP contribution in [0.25, 0.3) is 0 Å². The van der Waals surface area contributed by atoms with Crippen molar-refractivity contribution in [1.29, 1.82) is 0 Å². The molecule has 0 saturated carbocycles. The van der Waals surface area contributed by atoms with Gasteiger partial charge in [-0.2, -0.15) is 28.1 Å². The van der Waals surface area contributed by atoms with Crippen molar-refractivity contribution in [3.63, 3.8) is 0 Å². The molecule has 1 aliphatic heterocycles. The summed E-state index contributed by atoms with van der Waals surface area (Å²) in [5, 5.41) is 14.6. The summed E-state index contributed by atoms with van der Waals surface area (Å²) in [4.78, 5) is 14.7. The van der Waals surface area contributed by atoms with Crippen LogP contribution < -0.4 is 15.5 Å². The van der Waals surface area contributed by atoms with E-state index in [4.69, 9.17) is 9.84 Å². The molecule has 0 amide bonds. The number of alkyl halides is 3. The molecular weight excluding hydrogens is 365 g/mol. The van der Waals surface area contributed by atoms with Gasteiger partial charge in [0.25, 0.3) is 0 Å². The molecule has 0 atom stereocenters. The van der Waals surface area contributed by atoms with Crippen LogP contribution in [0.4, 0.5) is 36.7 Å². The lowest BCUT2D eigenvalue weighted by Crippen LogP contribution is -2.37. The van der Waals surface area contributed by atoms with Crippen LogP contribution in [0.3, 0.4) is 0 Å². The second-order valence-electron chi connectivity index (χ2n) is 5.74. The fourth-order valence-corrected chi connectivity index (χ4v) is 2.47. The molecule has 8 nitrogen and oxygen atoms in total. The maximum atomic E-state index is 12.9. The van der Waals surface area contributed by atoms with Gasteiger partial charge in [-0.15, -0.1) is 0 Å². The van der Waals surface area contributed by atoms with Crippen molar-refractivity contribution in [2.45, 2.75) is 6.18 Å². The Morgan fingerprint density at radius 2 is 1.85 bits per heavy atom. The monoisotopic (exact) mass is 384 g/mol. The molecule has 27 heavy (non-hydrogen) atoms. The number of aliphatic hydroxyl groups is 1. The van der Waals surface area contributed by atoms with E-state index in [2.05, 4.69) is 25.6 Å². The number of aromatic nitrogens is 3. The number of hydrogen-bond donors (Lipinski definition) is 3. The summed E-state index contributed by atoms with van der Waals surface area (Å²) in [6.45, 7) is 2.35. The number of nitrogens with zero attached hydrogens (tertiary/aromatic N) is 4. The third-order valence-electron chi connectivity index (χ3n) is 3.76. The standard InChI is InChI=1S/C16H19F3N6O2/c17-16(18,19)11-2-1-3-12(10-11)21-14-22-13(20-4-7-26)23-15(24-14)25-5-8-27-9-6-25/h1-3,10,26H,4-9H2,(H2,20,21,22,23,24). The van der Waals surface area contributed by atoms with Gasteiger partial charge in [0.2, 0.25) is 17.8 Å². The highest BCUT2D eigenvalue weighted by atomic mass is 19.4. The molecule has 1 aromatic carbocycles. The zero-order valence-corrected chi connectivity index (χ0v) is 14.3. The number of ether oxygens (including phenoxy) is 1. The van der Waals surface area contributed by atoms with Crippen molar-refractivity contribution in [3.05, 3.63) is 29.8 Å². The summed E-state index contributed by atoms with van der Waals surface area (Å²) in [6.07, 6.45) is -4.44. The first-order valence-corrected chi connectivity index (χ1v) is 8.33. The summed E-state index contributed by atoms with van der Waals surface area (Å²) in [5.74, 6) is 0.699. The van der Waals surface area contributed by atoms with E-state index in [-0.39, 0.29) is 30.7 Å². The lowest BCUT2D eigenvalue weighted by molar-refractivity contribution is -0.137. The van der Waals surface area contributed by atoms with Gasteiger partial charge in [-0.25, -0.2) is 0 Å². The van der Waals surface area contributed by atoms with E-state index < -0.39 is 11.7 Å². The first-order valence-electron chi connectivity index (χ1n) is 8.33. The molecule has 2 heterocycles. The lowest BCUT2D eigenvalue weighted by atomic mass is 10.2. The largest absolute Gasteiger partial charge is 0.416 e. The van der Waals surface area contributed by atoms with E-state index >= 15 is 0 Å². The van der Waals surface area contributed by atoms with Crippen molar-refractivity contribution < 1.29 is 23.0 Å². The van der Waals surface area contributed by atoms with Crippen molar-refractivity contribution in [2.75, 3.05) is 55.0 Å². The molecule has 11 heteroatoms. The van der Waals surface area contributed by atoms with Crippen molar-refractivity contribution in [3.8, 4) is 0 Å². The van der Waals surface area contributed by atoms with Crippen LogP contribution in [0, 0.1) is 0 Å². The highest BCUT2D eigenvalue weighted by Crippen LogP contribution is 2.31. The molecule has 3 rings (SSSR count). The van der Waals surface area contributed by atoms with E-state index in [1.54, 1.807) is 0 Å². The normalized spacial score (nSPS) is 14.9. The van der Waals surface area contributed by atoms with Crippen molar-refractivity contribution in [2.24, 2.45) is 0 Å². The van der Waals surface area contributed by atoms with Crippen LogP contribution >= 0.6 is 0 Å². The van der Waals surface area contributed by atoms with Gasteiger partial charge < -0.3 is 25.4 Å². The first kappa shape index (κ1) is 19.1. The highest BCUT2D eigenvalue weighted by molar-refractivity contribution is 5.57. The van der Waals surface area contributed by atoms with Gasteiger partial charge in [0.1, 0.15) is 0 Å². The van der Waals surface area contributed by atoms with E-state index in [1.165, 1.54) is 12.1 Å². The van der Waals surface area contributed by atoms with Crippen molar-refractivity contribution >= 4 is 23.5 Å². The molecular formula is C16H19F3N6O2. The quantitative estimate of drug-likeness (QED) is 0.695. The average Bonchev–Trinajstić information content (AvgIpc) is 2.66. The second-order valence-corrected chi connectivity index (χ2v) is 5.74. The molecule has 1 fully saturated rings. The minimum atomic E-state index is -4.44. The zero-order chi connectivity index (χ0) is 19.3. The van der Waals surface area contributed by atoms with Gasteiger partial charge in [-0.05, 0) is 18.2 Å². The molecule has 1 saturated heterocycles.